The van der Waals surface area contributed by atoms with Gasteiger partial charge in [0.1, 0.15) is 0 Å². The normalized spacial score (nSPS) is 11.9. The second-order valence-corrected chi connectivity index (χ2v) is 6.35. The van der Waals surface area contributed by atoms with Gasteiger partial charge in [-0.05, 0) is 36.6 Å². The highest BCUT2D eigenvalue weighted by Gasteiger charge is 2.21. The van der Waals surface area contributed by atoms with E-state index in [1.807, 2.05) is 54.7 Å². The molecule has 0 unspecified atom stereocenters. The maximum atomic E-state index is 12.6. The number of rotatable bonds is 7. The average molecular weight is 349 g/mol. The van der Waals surface area contributed by atoms with Gasteiger partial charge >= 0.3 is 0 Å². The van der Waals surface area contributed by atoms with Crippen LogP contribution < -0.4 is 10.6 Å². The lowest BCUT2D eigenvalue weighted by molar-refractivity contribution is -0.678. The monoisotopic (exact) mass is 349 g/mol. The molecular formula is C22H25N2O2+. The summed E-state index contributed by atoms with van der Waals surface area (Å²) < 4.78 is 5.59. The van der Waals surface area contributed by atoms with Crippen LogP contribution in [-0.2, 0) is 11.2 Å². The zero-order chi connectivity index (χ0) is 18.4. The molecule has 0 spiro atoms. The van der Waals surface area contributed by atoms with Crippen molar-refractivity contribution in [1.29, 1.82) is 0 Å². The Morgan fingerprint density at radius 1 is 1.08 bits per heavy atom. The van der Waals surface area contributed by atoms with E-state index in [4.69, 9.17) is 4.42 Å². The minimum absolute atomic E-state index is 0.0125. The van der Waals surface area contributed by atoms with Crippen LogP contribution in [0.25, 0.3) is 0 Å². The van der Waals surface area contributed by atoms with Gasteiger partial charge in [-0.3, -0.25) is 4.79 Å². The predicted molar refractivity (Wildman–Crippen MR) is 103 cm³/mol. The topological polar surface area (TPSA) is 58.9 Å². The van der Waals surface area contributed by atoms with Crippen molar-refractivity contribution < 1.29 is 14.5 Å². The molecule has 0 aliphatic heterocycles. The Balaban J connectivity index is 1.71. The first-order valence-electron chi connectivity index (χ1n) is 8.99. The molecule has 3 N–H and O–H groups in total. The number of hydrogen-bond acceptors (Lipinski definition) is 2. The van der Waals surface area contributed by atoms with E-state index >= 15 is 0 Å². The summed E-state index contributed by atoms with van der Waals surface area (Å²) in [5, 5.41) is 5.09. The van der Waals surface area contributed by atoms with Gasteiger partial charge in [0.05, 0.1) is 6.26 Å². The van der Waals surface area contributed by atoms with Crippen LogP contribution in [0.5, 0.6) is 0 Å². The lowest BCUT2D eigenvalue weighted by Gasteiger charge is -2.15. The fraction of sp³-hybridized carbons (Fsp3) is 0.227. The minimum atomic E-state index is -0.0422. The number of aryl methyl sites for hydroxylation is 2. The molecule has 0 aliphatic rings. The van der Waals surface area contributed by atoms with Crippen molar-refractivity contribution in [3.63, 3.8) is 0 Å². The molecule has 0 fully saturated rings. The van der Waals surface area contributed by atoms with Gasteiger partial charge in [0.25, 0.3) is 5.91 Å². The van der Waals surface area contributed by atoms with Crippen LogP contribution in [0.15, 0.2) is 71.3 Å². The van der Waals surface area contributed by atoms with E-state index in [-0.39, 0.29) is 11.9 Å². The van der Waals surface area contributed by atoms with E-state index in [2.05, 4.69) is 30.4 Å². The summed E-state index contributed by atoms with van der Waals surface area (Å²) in [5.74, 6) is 0.829. The smallest absolute Gasteiger partial charge is 0.279 e. The number of furan rings is 1. The Hall–Kier alpha value is -2.85. The molecule has 3 rings (SSSR count). The molecule has 3 aromatic rings. The number of carbonyl (C=O) groups excluding carboxylic acids is 1. The molecule has 1 amide bonds. The molecule has 0 saturated carbocycles. The molecular weight excluding hydrogens is 324 g/mol. The third-order valence-electron chi connectivity index (χ3n) is 4.55. The first kappa shape index (κ1) is 18.0. The molecule has 2 aromatic carbocycles. The van der Waals surface area contributed by atoms with Crippen LogP contribution >= 0.6 is 0 Å². The van der Waals surface area contributed by atoms with Crippen LogP contribution in [0.4, 0.5) is 5.69 Å². The summed E-state index contributed by atoms with van der Waals surface area (Å²) in [4.78, 5) is 12.6. The quantitative estimate of drug-likeness (QED) is 0.686. The van der Waals surface area contributed by atoms with Gasteiger partial charge in [-0.25, -0.2) is 0 Å². The highest BCUT2D eigenvalue weighted by atomic mass is 16.3. The first-order valence-corrected chi connectivity index (χ1v) is 8.99. The molecule has 0 radical (unpaired) electrons. The van der Waals surface area contributed by atoms with Crippen molar-refractivity contribution >= 4 is 11.6 Å². The number of amides is 1. The van der Waals surface area contributed by atoms with E-state index in [1.165, 1.54) is 0 Å². The van der Waals surface area contributed by atoms with Gasteiger partial charge in [-0.2, -0.15) is 0 Å². The highest BCUT2D eigenvalue weighted by Crippen LogP contribution is 2.21. The zero-order valence-electron chi connectivity index (χ0n) is 15.2. The minimum Gasteiger partial charge on any atom is -0.463 e. The summed E-state index contributed by atoms with van der Waals surface area (Å²) in [6.07, 6.45) is 2.56. The Labute approximate surface area is 154 Å². The van der Waals surface area contributed by atoms with Crippen LogP contribution in [-0.4, -0.2) is 12.5 Å². The number of anilines is 1. The molecule has 26 heavy (non-hydrogen) atoms. The fourth-order valence-corrected chi connectivity index (χ4v) is 3.16. The van der Waals surface area contributed by atoms with Crippen LogP contribution in [0, 0.1) is 6.92 Å². The molecule has 1 atom stereocenters. The van der Waals surface area contributed by atoms with Gasteiger partial charge < -0.3 is 15.1 Å². The summed E-state index contributed by atoms with van der Waals surface area (Å²) in [6, 6.07) is 20.0. The average Bonchev–Trinajstić information content (AvgIpc) is 3.19. The number of carbonyl (C=O) groups is 1. The molecule has 4 nitrogen and oxygen atoms in total. The van der Waals surface area contributed by atoms with Crippen LogP contribution in [0.1, 0.15) is 35.4 Å². The molecule has 0 bridgehead atoms. The van der Waals surface area contributed by atoms with Gasteiger partial charge in [0.15, 0.2) is 18.3 Å². The fourth-order valence-electron chi connectivity index (χ4n) is 3.16. The lowest BCUT2D eigenvalue weighted by Crippen LogP contribution is -2.87. The van der Waals surface area contributed by atoms with Crippen molar-refractivity contribution in [3.05, 3.63) is 89.4 Å². The molecule has 0 aliphatic carbocycles. The molecule has 4 heteroatoms. The molecule has 1 heterocycles. The summed E-state index contributed by atoms with van der Waals surface area (Å²) in [5.41, 5.74) is 4.29. The van der Waals surface area contributed by atoms with Crippen LogP contribution in [0.3, 0.4) is 0 Å². The van der Waals surface area contributed by atoms with E-state index < -0.39 is 0 Å². The van der Waals surface area contributed by atoms with Crippen molar-refractivity contribution in [3.8, 4) is 0 Å². The van der Waals surface area contributed by atoms with E-state index in [0.717, 1.165) is 34.6 Å². The third kappa shape index (κ3) is 4.21. The number of quaternary nitrogens is 1. The van der Waals surface area contributed by atoms with Gasteiger partial charge in [0, 0.05) is 11.3 Å². The second kappa shape index (κ2) is 8.50. The molecule has 0 saturated heterocycles. The van der Waals surface area contributed by atoms with Crippen molar-refractivity contribution in [1.82, 2.24) is 0 Å². The van der Waals surface area contributed by atoms with Crippen molar-refractivity contribution in [2.45, 2.75) is 26.3 Å². The summed E-state index contributed by atoms with van der Waals surface area (Å²) >= 11 is 0. The number of nitrogens with one attached hydrogen (secondary N) is 1. The van der Waals surface area contributed by atoms with Crippen molar-refractivity contribution in [2.24, 2.45) is 0 Å². The Bertz CT molecular complexity index is 842. The largest absolute Gasteiger partial charge is 0.463 e. The number of benzene rings is 2. The van der Waals surface area contributed by atoms with Crippen molar-refractivity contribution in [2.75, 3.05) is 11.9 Å². The van der Waals surface area contributed by atoms with Gasteiger partial charge in [-0.1, -0.05) is 55.5 Å². The Kier molecular flexibility index (Phi) is 5.87. The SMILES string of the molecule is CCc1cccc(C)c1NC(=O)C[NH2+][C@H](c1ccccc1)c1ccco1. The van der Waals surface area contributed by atoms with E-state index in [9.17, 15) is 4.79 Å². The Morgan fingerprint density at radius 3 is 2.58 bits per heavy atom. The van der Waals surface area contributed by atoms with E-state index in [0.29, 0.717) is 6.54 Å². The molecule has 1 aromatic heterocycles. The standard InChI is InChI=1S/C22H24N2O2/c1-3-17-12-7-9-16(2)21(17)24-20(25)15-23-22(19-13-8-14-26-19)18-10-5-4-6-11-18/h4-14,22-23H,3,15H2,1-2H3,(H,24,25)/p+1/t22-/m1/s1. The second-order valence-electron chi connectivity index (χ2n) is 6.35. The van der Waals surface area contributed by atoms with Gasteiger partial charge in [0.2, 0.25) is 0 Å². The number of nitrogens with two attached hydrogens (primary N) is 1. The maximum absolute atomic E-state index is 12.6. The van der Waals surface area contributed by atoms with Gasteiger partial charge in [-0.15, -0.1) is 0 Å². The summed E-state index contributed by atoms with van der Waals surface area (Å²) in [6.45, 7) is 4.44. The number of hydrogen-bond donors (Lipinski definition) is 2. The first-order chi connectivity index (χ1) is 12.7. The number of para-hydroxylation sites is 1. The lowest BCUT2D eigenvalue weighted by atomic mass is 10.0. The highest BCUT2D eigenvalue weighted by molar-refractivity contribution is 5.93. The molecule has 134 valence electrons. The van der Waals surface area contributed by atoms with Crippen LogP contribution in [0.2, 0.25) is 0 Å². The predicted octanol–water partition coefficient (Wildman–Crippen LogP) is 3.44. The third-order valence-corrected chi connectivity index (χ3v) is 4.55. The maximum Gasteiger partial charge on any atom is 0.279 e. The summed E-state index contributed by atoms with van der Waals surface area (Å²) in [7, 11) is 0. The van der Waals surface area contributed by atoms with E-state index in [1.54, 1.807) is 6.26 Å². The Morgan fingerprint density at radius 2 is 1.88 bits per heavy atom. The zero-order valence-corrected chi connectivity index (χ0v) is 15.2.